The Hall–Kier alpha value is -2.21. The number of aromatic carboxylic acids is 1. The molecule has 0 saturated carbocycles. The maximum atomic E-state index is 10.8. The highest BCUT2D eigenvalue weighted by Gasteiger charge is 2.08. The lowest BCUT2D eigenvalue weighted by atomic mass is 10.1. The number of aromatic nitrogens is 2. The first-order valence-corrected chi connectivity index (χ1v) is 4.94. The minimum absolute atomic E-state index is 0.112. The van der Waals surface area contributed by atoms with E-state index in [1.165, 1.54) is 18.5 Å². The SMILES string of the molecule is O=C(O)c1ccc2c(OCCO)ncnc2c1. The van der Waals surface area contributed by atoms with Crippen LogP contribution in [-0.4, -0.2) is 39.4 Å². The van der Waals surface area contributed by atoms with Crippen LogP contribution in [0, 0.1) is 0 Å². The first kappa shape index (κ1) is 11.3. The van der Waals surface area contributed by atoms with Gasteiger partial charge in [0.25, 0.3) is 0 Å². The van der Waals surface area contributed by atoms with E-state index >= 15 is 0 Å². The summed E-state index contributed by atoms with van der Waals surface area (Å²) in [4.78, 5) is 18.7. The van der Waals surface area contributed by atoms with Crippen LogP contribution >= 0.6 is 0 Å². The highest BCUT2D eigenvalue weighted by atomic mass is 16.5. The fourth-order valence-corrected chi connectivity index (χ4v) is 1.42. The second-order valence-corrected chi connectivity index (χ2v) is 3.29. The quantitative estimate of drug-likeness (QED) is 0.808. The number of fused-ring (bicyclic) bond motifs is 1. The number of aliphatic hydroxyl groups excluding tert-OH is 1. The summed E-state index contributed by atoms with van der Waals surface area (Å²) in [6.45, 7) is 0.0193. The van der Waals surface area contributed by atoms with E-state index in [-0.39, 0.29) is 18.8 Å². The molecule has 0 aliphatic heterocycles. The number of ether oxygens (including phenoxy) is 1. The lowest BCUT2D eigenvalue weighted by molar-refractivity contribution is 0.0697. The Morgan fingerprint density at radius 2 is 2.18 bits per heavy atom. The van der Waals surface area contributed by atoms with Crippen molar-refractivity contribution in [1.82, 2.24) is 9.97 Å². The van der Waals surface area contributed by atoms with Gasteiger partial charge in [0, 0.05) is 0 Å². The summed E-state index contributed by atoms with van der Waals surface area (Å²) in [6, 6.07) is 4.50. The number of nitrogens with zero attached hydrogens (tertiary/aromatic N) is 2. The first-order chi connectivity index (χ1) is 8.22. The predicted molar refractivity (Wildman–Crippen MR) is 59.1 cm³/mol. The van der Waals surface area contributed by atoms with E-state index in [1.54, 1.807) is 6.07 Å². The molecule has 0 radical (unpaired) electrons. The Labute approximate surface area is 96.5 Å². The van der Waals surface area contributed by atoms with Crippen LogP contribution in [-0.2, 0) is 0 Å². The van der Waals surface area contributed by atoms with Crippen molar-refractivity contribution in [2.45, 2.75) is 0 Å². The van der Waals surface area contributed by atoms with Crippen molar-refractivity contribution >= 4 is 16.9 Å². The fraction of sp³-hybridized carbons (Fsp3) is 0.182. The summed E-state index contributed by atoms with van der Waals surface area (Å²) >= 11 is 0. The largest absolute Gasteiger partial charge is 0.478 e. The van der Waals surface area contributed by atoms with E-state index in [0.29, 0.717) is 16.8 Å². The van der Waals surface area contributed by atoms with Gasteiger partial charge in [0.05, 0.1) is 23.1 Å². The molecule has 6 heteroatoms. The van der Waals surface area contributed by atoms with Crippen molar-refractivity contribution in [2.75, 3.05) is 13.2 Å². The molecule has 88 valence electrons. The number of benzene rings is 1. The molecule has 0 amide bonds. The van der Waals surface area contributed by atoms with Crippen LogP contribution in [0.2, 0.25) is 0 Å². The molecule has 0 bridgehead atoms. The normalized spacial score (nSPS) is 10.4. The summed E-state index contributed by atoms with van der Waals surface area (Å²) < 4.78 is 5.22. The molecular formula is C11H10N2O4. The number of carboxylic acids is 1. The molecule has 1 aromatic carbocycles. The maximum absolute atomic E-state index is 10.8. The molecule has 0 spiro atoms. The second-order valence-electron chi connectivity index (χ2n) is 3.29. The van der Waals surface area contributed by atoms with Crippen molar-refractivity contribution < 1.29 is 19.7 Å². The fourth-order valence-electron chi connectivity index (χ4n) is 1.42. The van der Waals surface area contributed by atoms with E-state index in [2.05, 4.69) is 9.97 Å². The van der Waals surface area contributed by atoms with Crippen molar-refractivity contribution in [2.24, 2.45) is 0 Å². The Kier molecular flexibility index (Phi) is 3.15. The minimum atomic E-state index is -1.01. The summed E-state index contributed by atoms with van der Waals surface area (Å²) in [5.41, 5.74) is 0.650. The van der Waals surface area contributed by atoms with Gasteiger partial charge in [0.2, 0.25) is 5.88 Å². The summed E-state index contributed by atoms with van der Waals surface area (Å²) in [5.74, 6) is -0.677. The van der Waals surface area contributed by atoms with Crippen LogP contribution in [0.3, 0.4) is 0 Å². The molecule has 2 rings (SSSR count). The van der Waals surface area contributed by atoms with Gasteiger partial charge >= 0.3 is 5.97 Å². The summed E-state index contributed by atoms with van der Waals surface area (Å²) in [6.07, 6.45) is 1.29. The molecule has 0 unspecified atom stereocenters. The predicted octanol–water partition coefficient (Wildman–Crippen LogP) is 0.699. The lowest BCUT2D eigenvalue weighted by Crippen LogP contribution is -2.04. The smallest absolute Gasteiger partial charge is 0.335 e. The van der Waals surface area contributed by atoms with E-state index in [1.807, 2.05) is 0 Å². The number of carbonyl (C=O) groups is 1. The molecule has 6 nitrogen and oxygen atoms in total. The number of aliphatic hydroxyl groups is 1. The molecular weight excluding hydrogens is 224 g/mol. The van der Waals surface area contributed by atoms with Crippen molar-refractivity contribution in [3.63, 3.8) is 0 Å². The van der Waals surface area contributed by atoms with Crippen LogP contribution in [0.4, 0.5) is 0 Å². The zero-order valence-corrected chi connectivity index (χ0v) is 8.83. The monoisotopic (exact) mass is 234 g/mol. The Bertz CT molecular complexity index is 556. The van der Waals surface area contributed by atoms with Gasteiger partial charge in [-0.25, -0.2) is 14.8 Å². The van der Waals surface area contributed by atoms with Gasteiger partial charge in [0.1, 0.15) is 12.9 Å². The highest BCUT2D eigenvalue weighted by molar-refractivity contribution is 5.94. The third-order valence-corrected chi connectivity index (χ3v) is 2.18. The molecule has 1 aromatic heterocycles. The van der Waals surface area contributed by atoms with Crippen LogP contribution in [0.5, 0.6) is 5.88 Å². The van der Waals surface area contributed by atoms with Crippen molar-refractivity contribution in [1.29, 1.82) is 0 Å². The first-order valence-electron chi connectivity index (χ1n) is 4.94. The Morgan fingerprint density at radius 1 is 1.35 bits per heavy atom. The van der Waals surface area contributed by atoms with Gasteiger partial charge in [0.15, 0.2) is 0 Å². The van der Waals surface area contributed by atoms with Crippen LogP contribution in [0.25, 0.3) is 10.9 Å². The molecule has 2 N–H and O–H groups in total. The van der Waals surface area contributed by atoms with Crippen LogP contribution in [0.15, 0.2) is 24.5 Å². The zero-order chi connectivity index (χ0) is 12.3. The molecule has 17 heavy (non-hydrogen) atoms. The van der Waals surface area contributed by atoms with Gasteiger partial charge in [-0.15, -0.1) is 0 Å². The number of hydrogen-bond donors (Lipinski definition) is 2. The Balaban J connectivity index is 2.47. The lowest BCUT2D eigenvalue weighted by Gasteiger charge is -2.06. The maximum Gasteiger partial charge on any atom is 0.335 e. The third kappa shape index (κ3) is 2.31. The van der Waals surface area contributed by atoms with Gasteiger partial charge in [-0.1, -0.05) is 0 Å². The summed E-state index contributed by atoms with van der Waals surface area (Å²) in [7, 11) is 0. The molecule has 0 atom stereocenters. The van der Waals surface area contributed by atoms with Gasteiger partial charge in [-0.2, -0.15) is 0 Å². The second kappa shape index (κ2) is 4.75. The third-order valence-electron chi connectivity index (χ3n) is 2.18. The summed E-state index contributed by atoms with van der Waals surface area (Å²) in [5, 5.41) is 18.1. The van der Waals surface area contributed by atoms with Gasteiger partial charge in [-0.3, -0.25) is 0 Å². The molecule has 2 aromatic rings. The standard InChI is InChI=1S/C11H10N2O4/c14-3-4-17-10-8-2-1-7(11(15)16)5-9(8)12-6-13-10/h1-2,5-6,14H,3-4H2,(H,15,16). The van der Waals surface area contributed by atoms with Crippen molar-refractivity contribution in [3.8, 4) is 5.88 Å². The van der Waals surface area contributed by atoms with Crippen LogP contribution in [0.1, 0.15) is 10.4 Å². The van der Waals surface area contributed by atoms with E-state index in [4.69, 9.17) is 14.9 Å². The molecule has 0 saturated heterocycles. The highest BCUT2D eigenvalue weighted by Crippen LogP contribution is 2.22. The molecule has 1 heterocycles. The molecule has 0 aliphatic carbocycles. The van der Waals surface area contributed by atoms with E-state index < -0.39 is 5.97 Å². The van der Waals surface area contributed by atoms with Gasteiger partial charge in [-0.05, 0) is 18.2 Å². The van der Waals surface area contributed by atoms with E-state index in [9.17, 15) is 4.79 Å². The number of hydrogen-bond acceptors (Lipinski definition) is 5. The minimum Gasteiger partial charge on any atom is -0.478 e. The molecule has 0 fully saturated rings. The number of carboxylic acid groups (broad SMARTS) is 1. The Morgan fingerprint density at radius 3 is 2.88 bits per heavy atom. The van der Waals surface area contributed by atoms with Crippen molar-refractivity contribution in [3.05, 3.63) is 30.1 Å². The average Bonchev–Trinajstić information content (AvgIpc) is 2.35. The topological polar surface area (TPSA) is 92.5 Å². The average molecular weight is 234 g/mol. The van der Waals surface area contributed by atoms with Crippen LogP contribution < -0.4 is 4.74 Å². The van der Waals surface area contributed by atoms with Gasteiger partial charge < -0.3 is 14.9 Å². The van der Waals surface area contributed by atoms with E-state index in [0.717, 1.165) is 0 Å². The number of rotatable bonds is 4. The zero-order valence-electron chi connectivity index (χ0n) is 8.83. The molecule has 0 aliphatic rings.